The molecule has 364 valence electrons. The highest BCUT2D eigenvalue weighted by atomic mass is 16.7. The second-order valence-electron chi connectivity index (χ2n) is 18.3. The first-order chi connectivity index (χ1) is 30.3. The van der Waals surface area contributed by atoms with Gasteiger partial charge in [0.25, 0.3) is 0 Å². The molecule has 7 unspecified atom stereocenters. The van der Waals surface area contributed by atoms with E-state index in [-0.39, 0.29) is 12.5 Å². The molecule has 1 aliphatic heterocycles. The Hall–Kier alpha value is -1.59. The molecule has 9 heteroatoms. The molecule has 1 rings (SSSR count). The second-order valence-corrected chi connectivity index (χ2v) is 18.3. The molecule has 0 aromatic heterocycles. The van der Waals surface area contributed by atoms with Crippen molar-refractivity contribution in [1.82, 2.24) is 5.32 Å². The highest BCUT2D eigenvalue weighted by Gasteiger charge is 2.44. The number of hydrogen-bond acceptors (Lipinski definition) is 8. The summed E-state index contributed by atoms with van der Waals surface area (Å²) in [6, 6.07) is -0.723. The predicted octanol–water partition coefficient (Wildman–Crippen LogP) is 12.0. The Morgan fingerprint density at radius 3 is 1.40 bits per heavy atom. The van der Waals surface area contributed by atoms with E-state index in [1.54, 1.807) is 0 Å². The fraction of sp³-hybridized carbons (Fsp3) is 0.868. The molecule has 1 amide bonds. The van der Waals surface area contributed by atoms with Crippen molar-refractivity contribution in [3.05, 3.63) is 36.5 Å². The molecule has 6 N–H and O–H groups in total. The zero-order valence-electron chi connectivity index (χ0n) is 40.1. The fourth-order valence-electron chi connectivity index (χ4n) is 8.29. The Bertz CT molecular complexity index is 1070. The summed E-state index contributed by atoms with van der Waals surface area (Å²) in [5.41, 5.74) is 0. The molecule has 0 radical (unpaired) electrons. The molecule has 0 spiro atoms. The third-order valence-electron chi connectivity index (χ3n) is 12.5. The highest BCUT2D eigenvalue weighted by molar-refractivity contribution is 5.76. The van der Waals surface area contributed by atoms with Gasteiger partial charge in [-0.05, 0) is 51.4 Å². The van der Waals surface area contributed by atoms with Crippen LogP contribution in [0.4, 0.5) is 0 Å². The van der Waals surface area contributed by atoms with E-state index in [1.807, 2.05) is 0 Å². The standard InChI is InChI=1S/C53H99NO8/c1-3-5-7-9-11-13-15-17-19-21-22-23-24-25-26-27-29-31-33-35-37-39-41-43-49(57)54-46(45-61-53-52(60)51(59)50(58)48(44-55)62-53)47(56)42-40-38-36-34-32-30-28-20-18-16-14-12-10-8-6-4-2/h15,17,21-22,24-25,46-48,50-53,55-56,58-60H,3-14,16,18-20,23,26-45H2,1-2H3,(H,54,57)/b17-15-,22-21-,25-24-. The van der Waals surface area contributed by atoms with E-state index in [4.69, 9.17) is 9.47 Å². The zero-order valence-corrected chi connectivity index (χ0v) is 40.1. The lowest BCUT2D eigenvalue weighted by atomic mass is 9.99. The van der Waals surface area contributed by atoms with E-state index in [2.05, 4.69) is 55.6 Å². The predicted molar refractivity (Wildman–Crippen MR) is 258 cm³/mol. The lowest BCUT2D eigenvalue weighted by molar-refractivity contribution is -0.302. The van der Waals surface area contributed by atoms with Crippen molar-refractivity contribution < 1.29 is 39.8 Å². The first kappa shape index (κ1) is 58.4. The molecule has 0 aliphatic carbocycles. The van der Waals surface area contributed by atoms with Gasteiger partial charge in [-0.3, -0.25) is 4.79 Å². The summed E-state index contributed by atoms with van der Waals surface area (Å²) >= 11 is 0. The fourth-order valence-corrected chi connectivity index (χ4v) is 8.29. The Labute approximate surface area is 381 Å². The minimum Gasteiger partial charge on any atom is -0.394 e. The highest BCUT2D eigenvalue weighted by Crippen LogP contribution is 2.23. The van der Waals surface area contributed by atoms with Crippen molar-refractivity contribution in [1.29, 1.82) is 0 Å². The maximum atomic E-state index is 13.0. The molecular weight excluding hydrogens is 779 g/mol. The van der Waals surface area contributed by atoms with E-state index in [9.17, 15) is 30.3 Å². The Kier molecular flexibility index (Phi) is 40.8. The van der Waals surface area contributed by atoms with Crippen LogP contribution in [0.2, 0.25) is 0 Å². The molecule has 0 bridgehead atoms. The van der Waals surface area contributed by atoms with Crippen LogP contribution >= 0.6 is 0 Å². The van der Waals surface area contributed by atoms with Crippen molar-refractivity contribution in [3.8, 4) is 0 Å². The Morgan fingerprint density at radius 2 is 0.952 bits per heavy atom. The van der Waals surface area contributed by atoms with Gasteiger partial charge < -0.3 is 40.3 Å². The summed E-state index contributed by atoms with van der Waals surface area (Å²) in [7, 11) is 0. The summed E-state index contributed by atoms with van der Waals surface area (Å²) in [5.74, 6) is -0.151. The maximum Gasteiger partial charge on any atom is 0.220 e. The number of aliphatic hydroxyl groups is 5. The van der Waals surface area contributed by atoms with Gasteiger partial charge in [0.15, 0.2) is 6.29 Å². The quantitative estimate of drug-likeness (QED) is 0.0262. The van der Waals surface area contributed by atoms with Crippen LogP contribution in [0.3, 0.4) is 0 Å². The Balaban J connectivity index is 2.26. The van der Waals surface area contributed by atoms with Crippen LogP contribution in [0.1, 0.15) is 239 Å². The molecule has 1 fully saturated rings. The van der Waals surface area contributed by atoms with Gasteiger partial charge in [-0.1, -0.05) is 217 Å². The Morgan fingerprint density at radius 1 is 0.548 bits per heavy atom. The molecule has 7 atom stereocenters. The third kappa shape index (κ3) is 33.0. The smallest absolute Gasteiger partial charge is 0.220 e. The summed E-state index contributed by atoms with van der Waals surface area (Å²) in [5, 5.41) is 54.5. The molecule has 0 saturated carbocycles. The molecular formula is C53H99NO8. The number of allylic oxidation sites excluding steroid dienone is 6. The SMILES string of the molecule is CCCCCCC/C=C\C/C=C\C/C=C\CCCCCCCCCCC(=O)NC(COC1OC(CO)C(O)C(O)C1O)C(O)CCCCCCCCCCCCCCCCCC. The molecule has 1 saturated heterocycles. The second kappa shape index (κ2) is 43.3. The van der Waals surface area contributed by atoms with Crippen molar-refractivity contribution in [2.75, 3.05) is 13.2 Å². The van der Waals surface area contributed by atoms with Crippen LogP contribution < -0.4 is 5.32 Å². The molecule has 0 aromatic carbocycles. The van der Waals surface area contributed by atoms with Gasteiger partial charge in [-0.25, -0.2) is 0 Å². The number of hydrogen-bond donors (Lipinski definition) is 6. The van der Waals surface area contributed by atoms with E-state index in [0.29, 0.717) is 12.8 Å². The lowest BCUT2D eigenvalue weighted by Crippen LogP contribution is -2.60. The van der Waals surface area contributed by atoms with Crippen molar-refractivity contribution in [2.24, 2.45) is 0 Å². The van der Waals surface area contributed by atoms with Gasteiger partial charge in [0.1, 0.15) is 24.4 Å². The number of unbranched alkanes of at least 4 members (excludes halogenated alkanes) is 28. The number of rotatable bonds is 44. The van der Waals surface area contributed by atoms with Gasteiger partial charge in [0.2, 0.25) is 5.91 Å². The van der Waals surface area contributed by atoms with E-state index in [0.717, 1.165) is 57.8 Å². The van der Waals surface area contributed by atoms with Crippen LogP contribution in [-0.4, -0.2) is 87.5 Å². The number of nitrogens with one attached hydrogen (secondary N) is 1. The average molecular weight is 878 g/mol. The van der Waals surface area contributed by atoms with Crippen LogP contribution in [0.25, 0.3) is 0 Å². The van der Waals surface area contributed by atoms with Crippen LogP contribution in [0.15, 0.2) is 36.5 Å². The van der Waals surface area contributed by atoms with Crippen molar-refractivity contribution in [3.63, 3.8) is 0 Å². The normalized spacial score (nSPS) is 20.5. The topological polar surface area (TPSA) is 149 Å². The lowest BCUT2D eigenvalue weighted by Gasteiger charge is -2.40. The van der Waals surface area contributed by atoms with Crippen LogP contribution in [0.5, 0.6) is 0 Å². The van der Waals surface area contributed by atoms with Gasteiger partial charge >= 0.3 is 0 Å². The third-order valence-corrected chi connectivity index (χ3v) is 12.5. The number of amides is 1. The van der Waals surface area contributed by atoms with Crippen LogP contribution in [-0.2, 0) is 14.3 Å². The monoisotopic (exact) mass is 878 g/mol. The minimum atomic E-state index is -1.55. The van der Waals surface area contributed by atoms with Gasteiger partial charge in [0.05, 0.1) is 25.4 Å². The number of aliphatic hydroxyl groups excluding tert-OH is 5. The average Bonchev–Trinajstić information content (AvgIpc) is 3.27. The molecule has 9 nitrogen and oxygen atoms in total. The van der Waals surface area contributed by atoms with E-state index < -0.39 is 49.5 Å². The van der Waals surface area contributed by atoms with Gasteiger partial charge in [-0.2, -0.15) is 0 Å². The first-order valence-corrected chi connectivity index (χ1v) is 26.2. The summed E-state index contributed by atoms with van der Waals surface area (Å²) in [6.45, 7) is 3.83. The molecule has 1 heterocycles. The van der Waals surface area contributed by atoms with E-state index in [1.165, 1.54) is 154 Å². The van der Waals surface area contributed by atoms with Gasteiger partial charge in [0, 0.05) is 6.42 Å². The summed E-state index contributed by atoms with van der Waals surface area (Å²) in [6.07, 6.45) is 47.2. The maximum absolute atomic E-state index is 13.0. The number of ether oxygens (including phenoxy) is 2. The van der Waals surface area contributed by atoms with E-state index >= 15 is 0 Å². The van der Waals surface area contributed by atoms with Crippen molar-refractivity contribution in [2.45, 2.75) is 281 Å². The van der Waals surface area contributed by atoms with Gasteiger partial charge in [-0.15, -0.1) is 0 Å². The molecule has 0 aromatic rings. The number of carbonyl (C=O) groups excluding carboxylic acids is 1. The summed E-state index contributed by atoms with van der Waals surface area (Å²) in [4.78, 5) is 13.0. The first-order valence-electron chi connectivity index (χ1n) is 26.2. The molecule has 1 aliphatic rings. The van der Waals surface area contributed by atoms with Crippen molar-refractivity contribution >= 4 is 5.91 Å². The summed E-state index contributed by atoms with van der Waals surface area (Å²) < 4.78 is 11.3. The molecule has 62 heavy (non-hydrogen) atoms. The van der Waals surface area contributed by atoms with Crippen LogP contribution in [0, 0.1) is 0 Å². The zero-order chi connectivity index (χ0) is 45.1. The largest absolute Gasteiger partial charge is 0.394 e. The minimum absolute atomic E-state index is 0.140. The number of carbonyl (C=O) groups is 1.